The van der Waals surface area contributed by atoms with Crippen LogP contribution >= 0.6 is 12.4 Å². The predicted octanol–water partition coefficient (Wildman–Crippen LogP) is 4.18. The lowest BCUT2D eigenvalue weighted by Gasteiger charge is -2.18. The normalized spacial score (nSPS) is 11.9. The van der Waals surface area contributed by atoms with Gasteiger partial charge in [-0.1, -0.05) is 19.0 Å². The summed E-state index contributed by atoms with van der Waals surface area (Å²) >= 11 is 0. The average Bonchev–Trinajstić information content (AvgIpc) is 3.24. The number of nitrogens with zero attached hydrogens (tertiary/aromatic N) is 4. The Hall–Kier alpha value is -3.03. The molecule has 0 spiro atoms. The van der Waals surface area contributed by atoms with E-state index in [1.807, 2.05) is 47.0 Å². The van der Waals surface area contributed by atoms with Gasteiger partial charge in [0.2, 0.25) is 0 Å². The largest absolute Gasteiger partial charge is 0.492 e. The van der Waals surface area contributed by atoms with E-state index in [0.717, 1.165) is 25.2 Å². The Kier molecular flexibility index (Phi) is 6.97. The first-order valence-electron chi connectivity index (χ1n) is 9.76. The van der Waals surface area contributed by atoms with Gasteiger partial charge in [-0.2, -0.15) is 0 Å². The molecule has 0 aliphatic rings. The summed E-state index contributed by atoms with van der Waals surface area (Å²) in [5, 5.41) is 14.1. The lowest BCUT2D eigenvalue weighted by Crippen LogP contribution is -2.27. The fourth-order valence-corrected chi connectivity index (χ4v) is 3.35. The minimum Gasteiger partial charge on any atom is -0.492 e. The first-order chi connectivity index (χ1) is 14.2. The van der Waals surface area contributed by atoms with Crippen LogP contribution in [-0.4, -0.2) is 45.7 Å². The van der Waals surface area contributed by atoms with Gasteiger partial charge in [-0.05, 0) is 49.5 Å². The number of hydrogen-bond donors (Lipinski definition) is 1. The number of aromatic nitrogens is 2. The van der Waals surface area contributed by atoms with Gasteiger partial charge in [0.1, 0.15) is 29.0 Å². The van der Waals surface area contributed by atoms with Crippen molar-refractivity contribution in [2.24, 2.45) is 5.16 Å². The third kappa shape index (κ3) is 4.42. The zero-order chi connectivity index (χ0) is 20.2. The van der Waals surface area contributed by atoms with Crippen LogP contribution in [0.3, 0.4) is 0 Å². The molecule has 0 amide bonds. The molecule has 0 aliphatic carbocycles. The maximum absolute atomic E-state index is 9.56. The van der Waals surface area contributed by atoms with Crippen LogP contribution in [0, 0.1) is 0 Å². The van der Waals surface area contributed by atoms with Crippen LogP contribution in [0.25, 0.3) is 27.9 Å². The second kappa shape index (κ2) is 9.65. The number of hydrogen-bond acceptors (Lipinski definition) is 6. The molecule has 1 aromatic carbocycles. The number of rotatable bonds is 7. The predicted molar refractivity (Wildman–Crippen MR) is 118 cm³/mol. The Bertz CT molecular complexity index is 1200. The van der Waals surface area contributed by atoms with Crippen molar-refractivity contribution in [3.05, 3.63) is 60.3 Å². The zero-order valence-electron chi connectivity index (χ0n) is 17.0. The highest BCUT2D eigenvalue weighted by Gasteiger charge is 2.10. The van der Waals surface area contributed by atoms with E-state index in [4.69, 9.17) is 9.15 Å². The quantitative estimate of drug-likeness (QED) is 0.353. The number of fused-ring (bicyclic) bond motifs is 2. The van der Waals surface area contributed by atoms with Gasteiger partial charge >= 0.3 is 0 Å². The Morgan fingerprint density at radius 1 is 1.17 bits per heavy atom. The highest BCUT2D eigenvalue weighted by atomic mass is 35.5. The van der Waals surface area contributed by atoms with Crippen molar-refractivity contribution in [3.8, 4) is 17.2 Å². The van der Waals surface area contributed by atoms with Crippen LogP contribution in [0.5, 0.6) is 5.75 Å². The standard InChI is InChI=1S/C22H24N4O3.ClH/c1-3-25(4-2)10-11-28-17-7-8-21-18(13-17)19(24-27)14-22(29-21)20-12-16-6-5-9-26(16)15-23-20;/h5-9,12-15,27H,3-4,10-11H2,1-2H3;1H/b24-19-;. The van der Waals surface area contributed by atoms with E-state index in [1.54, 1.807) is 12.4 Å². The summed E-state index contributed by atoms with van der Waals surface area (Å²) in [5.74, 6) is 1.24. The van der Waals surface area contributed by atoms with Crippen LogP contribution in [0.2, 0.25) is 0 Å². The Morgan fingerprint density at radius 3 is 2.77 bits per heavy atom. The highest BCUT2D eigenvalue weighted by Crippen LogP contribution is 2.24. The van der Waals surface area contributed by atoms with Crippen molar-refractivity contribution in [2.45, 2.75) is 13.8 Å². The van der Waals surface area contributed by atoms with E-state index in [1.165, 1.54) is 0 Å². The van der Waals surface area contributed by atoms with Crippen LogP contribution in [0.15, 0.2) is 64.6 Å². The first-order valence-corrected chi connectivity index (χ1v) is 9.76. The first kappa shape index (κ1) is 21.7. The number of benzene rings is 1. The third-order valence-corrected chi connectivity index (χ3v) is 5.06. The Balaban J connectivity index is 0.00000256. The number of ether oxygens (including phenoxy) is 1. The summed E-state index contributed by atoms with van der Waals surface area (Å²) in [6, 6.07) is 13.1. The molecule has 0 saturated carbocycles. The molecule has 0 bridgehead atoms. The van der Waals surface area contributed by atoms with E-state index in [9.17, 15) is 5.21 Å². The fourth-order valence-electron chi connectivity index (χ4n) is 3.35. The van der Waals surface area contributed by atoms with Gasteiger partial charge in [0.15, 0.2) is 5.76 Å². The second-order valence-electron chi connectivity index (χ2n) is 6.74. The monoisotopic (exact) mass is 428 g/mol. The number of halogens is 1. The summed E-state index contributed by atoms with van der Waals surface area (Å²) in [7, 11) is 0. The van der Waals surface area contributed by atoms with Crippen LogP contribution < -0.4 is 10.1 Å². The van der Waals surface area contributed by atoms with Gasteiger partial charge in [0.05, 0.1) is 11.7 Å². The van der Waals surface area contributed by atoms with Gasteiger partial charge in [0.25, 0.3) is 0 Å². The molecule has 3 aromatic heterocycles. The summed E-state index contributed by atoms with van der Waals surface area (Å²) in [6.45, 7) is 7.72. The smallest absolute Gasteiger partial charge is 0.155 e. The van der Waals surface area contributed by atoms with Crippen molar-refractivity contribution in [1.29, 1.82) is 0 Å². The minimum absolute atomic E-state index is 0. The summed E-state index contributed by atoms with van der Waals surface area (Å²) in [6.07, 6.45) is 3.66. The molecule has 4 aromatic rings. The molecular formula is C22H25ClN4O3. The van der Waals surface area contributed by atoms with E-state index in [2.05, 4.69) is 28.9 Å². The molecule has 0 unspecified atom stereocenters. The molecule has 0 aliphatic heterocycles. The molecule has 8 heteroatoms. The van der Waals surface area contributed by atoms with E-state index in [-0.39, 0.29) is 12.4 Å². The van der Waals surface area contributed by atoms with Crippen molar-refractivity contribution >= 4 is 28.9 Å². The zero-order valence-corrected chi connectivity index (χ0v) is 17.8. The molecule has 0 radical (unpaired) electrons. The maximum Gasteiger partial charge on any atom is 0.155 e. The summed E-state index contributed by atoms with van der Waals surface area (Å²) < 4.78 is 13.8. The molecule has 7 nitrogen and oxygen atoms in total. The number of likely N-dealkylation sites (N-methyl/N-ethyl adjacent to an activating group) is 1. The average molecular weight is 429 g/mol. The SMILES string of the molecule is CCN(CC)CCOc1ccc2oc(-c3cc4cccn4cn3)c/c(=N/O)c2c1.Cl. The summed E-state index contributed by atoms with van der Waals surface area (Å²) in [5.41, 5.74) is 2.27. The van der Waals surface area contributed by atoms with Crippen molar-refractivity contribution < 1.29 is 14.4 Å². The Labute approximate surface area is 180 Å². The van der Waals surface area contributed by atoms with Crippen molar-refractivity contribution in [1.82, 2.24) is 14.3 Å². The van der Waals surface area contributed by atoms with Crippen molar-refractivity contribution in [2.75, 3.05) is 26.2 Å². The highest BCUT2D eigenvalue weighted by molar-refractivity contribution is 5.85. The topological polar surface area (TPSA) is 75.5 Å². The molecule has 4 rings (SSSR count). The lowest BCUT2D eigenvalue weighted by molar-refractivity contribution is 0.223. The van der Waals surface area contributed by atoms with Crippen molar-refractivity contribution in [3.63, 3.8) is 0 Å². The van der Waals surface area contributed by atoms with E-state index >= 15 is 0 Å². The molecule has 3 heterocycles. The van der Waals surface area contributed by atoms with Gasteiger partial charge in [-0.3, -0.25) is 0 Å². The molecule has 30 heavy (non-hydrogen) atoms. The maximum atomic E-state index is 9.56. The van der Waals surface area contributed by atoms with E-state index in [0.29, 0.717) is 40.1 Å². The molecule has 0 atom stereocenters. The molecule has 1 N–H and O–H groups in total. The van der Waals surface area contributed by atoms with Crippen LogP contribution in [-0.2, 0) is 0 Å². The molecular weight excluding hydrogens is 404 g/mol. The van der Waals surface area contributed by atoms with Crippen LogP contribution in [0.1, 0.15) is 13.8 Å². The van der Waals surface area contributed by atoms with Gasteiger partial charge in [-0.15, -0.1) is 12.4 Å². The van der Waals surface area contributed by atoms with E-state index < -0.39 is 0 Å². The minimum atomic E-state index is 0. The van der Waals surface area contributed by atoms with Gasteiger partial charge in [0, 0.05) is 24.3 Å². The van der Waals surface area contributed by atoms with Crippen LogP contribution in [0.4, 0.5) is 0 Å². The molecule has 158 valence electrons. The third-order valence-electron chi connectivity index (χ3n) is 5.06. The second-order valence-corrected chi connectivity index (χ2v) is 6.74. The fraction of sp³-hybridized carbons (Fsp3) is 0.273. The summed E-state index contributed by atoms with van der Waals surface area (Å²) in [4.78, 5) is 6.74. The van der Waals surface area contributed by atoms with Gasteiger partial charge in [-0.25, -0.2) is 4.98 Å². The lowest BCUT2D eigenvalue weighted by atomic mass is 10.2. The molecule has 0 fully saturated rings. The Morgan fingerprint density at radius 2 is 2.00 bits per heavy atom. The van der Waals surface area contributed by atoms with Gasteiger partial charge < -0.3 is 23.7 Å². The molecule has 0 saturated heterocycles.